The van der Waals surface area contributed by atoms with E-state index in [0.717, 1.165) is 66.8 Å². The maximum Gasteiger partial charge on any atom is 0.314 e. The number of hydrogen-bond acceptors (Lipinski definition) is 3. The number of alkyl halides is 1. The Morgan fingerprint density at radius 1 is 1.16 bits per heavy atom. The number of aliphatic imine (C=N–C) groups is 1. The van der Waals surface area contributed by atoms with Crippen LogP contribution in [0.4, 0.5) is 4.79 Å². The number of carbonyl (C=O) groups is 2. The topological polar surface area (TPSA) is 79.0 Å². The lowest BCUT2D eigenvalue weighted by Crippen LogP contribution is -2.44. The van der Waals surface area contributed by atoms with Crippen LogP contribution in [0.3, 0.4) is 0 Å². The van der Waals surface area contributed by atoms with Gasteiger partial charge in [-0.2, -0.15) is 0 Å². The molecule has 2 atom stereocenters. The summed E-state index contributed by atoms with van der Waals surface area (Å²) >= 11 is 13.9. The average Bonchev–Trinajstić information content (AvgIpc) is 2.88. The monoisotopic (exact) mass is 670 g/mol. The number of piperidine rings is 2. The van der Waals surface area contributed by atoms with Crippen LogP contribution in [0.25, 0.3) is 0 Å². The second-order valence-electron chi connectivity index (χ2n) is 10.5. The van der Waals surface area contributed by atoms with Crippen molar-refractivity contribution in [2.24, 2.45) is 22.6 Å². The SMILES string of the molecule is C/C=C(\N=CC(C)Br)C(c1c(Br)cc(Cl)cc1CCC)C1CCN(C(=O)CC2CCN(C(N)=O)CC2)CC1. The predicted octanol–water partition coefficient (Wildman–Crippen LogP) is 7.32. The van der Waals surface area contributed by atoms with Gasteiger partial charge >= 0.3 is 6.03 Å². The normalized spacial score (nSPS) is 19.7. The molecule has 38 heavy (non-hydrogen) atoms. The number of rotatable bonds is 9. The lowest BCUT2D eigenvalue weighted by atomic mass is 9.76. The van der Waals surface area contributed by atoms with E-state index in [9.17, 15) is 9.59 Å². The van der Waals surface area contributed by atoms with Gasteiger partial charge in [0.1, 0.15) is 0 Å². The molecule has 3 rings (SSSR count). The maximum atomic E-state index is 13.2. The number of benzene rings is 1. The second kappa shape index (κ2) is 14.8. The number of nitrogens with zero attached hydrogens (tertiary/aromatic N) is 3. The van der Waals surface area contributed by atoms with Crippen molar-refractivity contribution in [3.8, 4) is 0 Å². The first-order valence-corrected chi connectivity index (χ1v) is 15.9. The highest BCUT2D eigenvalue weighted by atomic mass is 79.9. The highest BCUT2D eigenvalue weighted by Gasteiger charge is 2.34. The Morgan fingerprint density at radius 3 is 2.34 bits per heavy atom. The van der Waals surface area contributed by atoms with Crippen LogP contribution in [0, 0.1) is 11.8 Å². The van der Waals surface area contributed by atoms with E-state index in [1.807, 2.05) is 17.2 Å². The number of nitrogens with two attached hydrogens (primary N) is 1. The first kappa shape index (κ1) is 31.2. The van der Waals surface area contributed by atoms with Crippen molar-refractivity contribution in [1.82, 2.24) is 9.80 Å². The average molecular weight is 673 g/mol. The van der Waals surface area contributed by atoms with Crippen LogP contribution in [0.1, 0.15) is 76.3 Å². The number of urea groups is 1. The second-order valence-corrected chi connectivity index (χ2v) is 13.3. The molecule has 2 aliphatic rings. The Hall–Kier alpha value is -1.38. The van der Waals surface area contributed by atoms with Crippen LogP contribution < -0.4 is 5.73 Å². The molecule has 1 aromatic carbocycles. The molecule has 0 aromatic heterocycles. The summed E-state index contributed by atoms with van der Waals surface area (Å²) in [7, 11) is 0. The van der Waals surface area contributed by atoms with Crippen LogP contribution in [-0.4, -0.2) is 59.0 Å². The van der Waals surface area contributed by atoms with Gasteiger partial charge in [0.05, 0.1) is 0 Å². The number of aryl methyl sites for hydroxylation is 1. The van der Waals surface area contributed by atoms with Gasteiger partial charge in [0.2, 0.25) is 5.91 Å². The van der Waals surface area contributed by atoms with E-state index >= 15 is 0 Å². The smallest absolute Gasteiger partial charge is 0.314 e. The van der Waals surface area contributed by atoms with E-state index in [1.54, 1.807) is 4.90 Å². The summed E-state index contributed by atoms with van der Waals surface area (Å²) in [6.45, 7) is 9.11. The molecule has 0 radical (unpaired) electrons. The minimum absolute atomic E-state index is 0.117. The van der Waals surface area contributed by atoms with Gasteiger partial charge in [-0.05, 0) is 81.0 Å². The van der Waals surface area contributed by atoms with Gasteiger partial charge in [-0.1, -0.05) is 62.9 Å². The van der Waals surface area contributed by atoms with Gasteiger partial charge in [0, 0.05) is 64.8 Å². The van der Waals surface area contributed by atoms with Crippen molar-refractivity contribution in [3.05, 3.63) is 44.5 Å². The summed E-state index contributed by atoms with van der Waals surface area (Å²) in [4.78, 5) is 33.4. The molecule has 1 aromatic rings. The van der Waals surface area contributed by atoms with Gasteiger partial charge in [-0.3, -0.25) is 9.79 Å². The fourth-order valence-corrected chi connectivity index (χ4v) is 7.07. The summed E-state index contributed by atoms with van der Waals surface area (Å²) in [6.07, 6.45) is 10.1. The van der Waals surface area contributed by atoms with Crippen molar-refractivity contribution >= 4 is 61.6 Å². The number of carbonyl (C=O) groups excluding carboxylic acids is 2. The number of likely N-dealkylation sites (tertiary alicyclic amines) is 2. The molecule has 2 fully saturated rings. The minimum atomic E-state index is -0.365. The number of allylic oxidation sites excluding steroid dienone is 2. The number of halogens is 3. The van der Waals surface area contributed by atoms with Gasteiger partial charge in [0.15, 0.2) is 0 Å². The summed E-state index contributed by atoms with van der Waals surface area (Å²) in [5.41, 5.74) is 9.00. The molecule has 3 amide bonds. The molecule has 2 unspecified atom stereocenters. The molecular weight excluding hydrogens is 632 g/mol. The van der Waals surface area contributed by atoms with Gasteiger partial charge in [0.25, 0.3) is 0 Å². The molecule has 0 aliphatic carbocycles. The highest BCUT2D eigenvalue weighted by molar-refractivity contribution is 9.10. The fraction of sp³-hybridized carbons (Fsp3) is 0.621. The Bertz CT molecular complexity index is 1030. The standard InChI is InChI=1S/C29H41Br2ClN4O2/c1-4-6-22-16-23(32)17-24(31)27(22)28(25(5-2)34-18-19(3)30)21-9-13-35(14-10-21)26(37)15-20-7-11-36(12-8-20)29(33)38/h5,16-21,28H,4,6-15H2,1-3H3,(H2,33,38)/b25-5-,34-18?. The van der Waals surface area contributed by atoms with E-state index in [-0.39, 0.29) is 22.7 Å². The van der Waals surface area contributed by atoms with Gasteiger partial charge < -0.3 is 15.5 Å². The first-order chi connectivity index (χ1) is 18.1. The number of amides is 3. The van der Waals surface area contributed by atoms with Gasteiger partial charge in [-0.25, -0.2) is 4.79 Å². The van der Waals surface area contributed by atoms with E-state index in [2.05, 4.69) is 64.8 Å². The van der Waals surface area contributed by atoms with Crippen LogP contribution in [0.15, 0.2) is 33.4 Å². The summed E-state index contributed by atoms with van der Waals surface area (Å²) in [5, 5.41) is 0.740. The predicted molar refractivity (Wildman–Crippen MR) is 164 cm³/mol. The van der Waals surface area contributed by atoms with Crippen LogP contribution in [0.2, 0.25) is 5.02 Å². The fourth-order valence-electron chi connectivity index (χ4n) is 5.83. The van der Waals surface area contributed by atoms with Crippen molar-refractivity contribution in [3.63, 3.8) is 0 Å². The molecule has 0 spiro atoms. The Labute approximate surface area is 249 Å². The maximum absolute atomic E-state index is 13.2. The molecule has 2 aliphatic heterocycles. The molecule has 9 heteroatoms. The molecule has 0 saturated carbocycles. The number of primary amides is 1. The lowest BCUT2D eigenvalue weighted by Gasteiger charge is -2.38. The molecular formula is C29H41Br2ClN4O2. The quantitative estimate of drug-likeness (QED) is 0.221. The van der Waals surface area contributed by atoms with Crippen molar-refractivity contribution in [1.29, 1.82) is 0 Å². The van der Waals surface area contributed by atoms with Crippen LogP contribution in [0.5, 0.6) is 0 Å². The molecule has 210 valence electrons. The molecule has 2 heterocycles. The summed E-state index contributed by atoms with van der Waals surface area (Å²) in [6, 6.07) is 3.73. The zero-order valence-corrected chi connectivity index (χ0v) is 26.7. The van der Waals surface area contributed by atoms with Crippen molar-refractivity contribution in [2.75, 3.05) is 26.2 Å². The summed E-state index contributed by atoms with van der Waals surface area (Å²) < 4.78 is 1.03. The third-order valence-electron chi connectivity index (χ3n) is 7.81. The zero-order chi connectivity index (χ0) is 27.8. The van der Waals surface area contributed by atoms with Crippen LogP contribution >= 0.6 is 43.5 Å². The van der Waals surface area contributed by atoms with E-state index in [1.165, 1.54) is 11.1 Å². The molecule has 2 saturated heterocycles. The van der Waals surface area contributed by atoms with Crippen LogP contribution in [-0.2, 0) is 11.2 Å². The zero-order valence-electron chi connectivity index (χ0n) is 22.8. The molecule has 6 nitrogen and oxygen atoms in total. The lowest BCUT2D eigenvalue weighted by molar-refractivity contribution is -0.134. The van der Waals surface area contributed by atoms with Crippen molar-refractivity contribution in [2.45, 2.75) is 76.5 Å². The Morgan fingerprint density at radius 2 is 1.79 bits per heavy atom. The highest BCUT2D eigenvalue weighted by Crippen LogP contribution is 2.44. The Kier molecular flexibility index (Phi) is 12.2. The molecule has 0 bridgehead atoms. The van der Waals surface area contributed by atoms with E-state index in [4.69, 9.17) is 22.3 Å². The number of hydrogen-bond donors (Lipinski definition) is 1. The first-order valence-electron chi connectivity index (χ1n) is 13.8. The van der Waals surface area contributed by atoms with E-state index < -0.39 is 0 Å². The van der Waals surface area contributed by atoms with E-state index in [0.29, 0.717) is 31.3 Å². The minimum Gasteiger partial charge on any atom is -0.351 e. The largest absolute Gasteiger partial charge is 0.351 e. The summed E-state index contributed by atoms with van der Waals surface area (Å²) in [5.74, 6) is 1.03. The third-order valence-corrected chi connectivity index (χ3v) is 8.92. The molecule has 2 N–H and O–H groups in total. The third kappa shape index (κ3) is 8.31. The van der Waals surface area contributed by atoms with Gasteiger partial charge in [-0.15, -0.1) is 0 Å². The van der Waals surface area contributed by atoms with Crippen molar-refractivity contribution < 1.29 is 9.59 Å². The Balaban J connectivity index is 1.77.